The van der Waals surface area contributed by atoms with Crippen LogP contribution in [0.5, 0.6) is 0 Å². The van der Waals surface area contributed by atoms with Gasteiger partial charge in [-0.3, -0.25) is 9.59 Å². The Bertz CT molecular complexity index is 296. The number of hydrogen-bond acceptors (Lipinski definition) is 3. The summed E-state index contributed by atoms with van der Waals surface area (Å²) < 4.78 is 4.76. The second-order valence-electron chi connectivity index (χ2n) is 4.10. The minimum Gasteiger partial charge on any atom is -0.468 e. The molecule has 0 spiro atoms. The lowest BCUT2D eigenvalue weighted by atomic mass is 9.77. The molecule has 2 aliphatic carbocycles. The molecule has 0 aromatic rings. The molecule has 3 heteroatoms. The molecule has 0 aromatic carbocycles. The van der Waals surface area contributed by atoms with Crippen molar-refractivity contribution in [2.45, 2.75) is 25.7 Å². The fourth-order valence-electron chi connectivity index (χ4n) is 2.92. The first-order chi connectivity index (χ1) is 6.64. The van der Waals surface area contributed by atoms with Crippen molar-refractivity contribution in [1.29, 1.82) is 0 Å². The minimum atomic E-state index is -0.964. The third kappa shape index (κ3) is 0.873. The zero-order chi connectivity index (χ0) is 10.3. The monoisotopic (exact) mass is 194 g/mol. The molecule has 0 aromatic heterocycles. The zero-order valence-electron chi connectivity index (χ0n) is 8.34. The molecule has 2 fully saturated rings. The predicted octanol–water partition coefficient (Wildman–Crippen LogP) is 1.47. The van der Waals surface area contributed by atoms with Gasteiger partial charge in [-0.25, -0.2) is 0 Å². The van der Waals surface area contributed by atoms with Crippen LogP contribution in [0.2, 0.25) is 0 Å². The first kappa shape index (κ1) is 9.44. The van der Waals surface area contributed by atoms with E-state index in [1.165, 1.54) is 7.11 Å². The van der Waals surface area contributed by atoms with Gasteiger partial charge >= 0.3 is 5.97 Å². The van der Waals surface area contributed by atoms with Crippen LogP contribution in [-0.2, 0) is 14.3 Å². The molecule has 0 amide bonds. The Morgan fingerprint density at radius 2 is 2.14 bits per heavy atom. The van der Waals surface area contributed by atoms with E-state index in [-0.39, 0.29) is 11.7 Å². The van der Waals surface area contributed by atoms with Crippen LogP contribution in [0.15, 0.2) is 12.2 Å². The number of hydrogen-bond donors (Lipinski definition) is 0. The van der Waals surface area contributed by atoms with E-state index in [2.05, 4.69) is 6.58 Å². The lowest BCUT2D eigenvalue weighted by molar-refractivity contribution is -0.155. The molecule has 2 aliphatic rings. The van der Waals surface area contributed by atoms with Gasteiger partial charge in [-0.1, -0.05) is 12.2 Å². The Morgan fingerprint density at radius 3 is 2.79 bits per heavy atom. The summed E-state index contributed by atoms with van der Waals surface area (Å²) in [5, 5.41) is 0. The van der Waals surface area contributed by atoms with Crippen LogP contribution in [0.3, 0.4) is 0 Å². The molecule has 14 heavy (non-hydrogen) atoms. The Balaban J connectivity index is 2.48. The minimum absolute atomic E-state index is 0.0110. The lowest BCUT2D eigenvalue weighted by Crippen LogP contribution is -2.39. The van der Waals surface area contributed by atoms with Crippen molar-refractivity contribution >= 4 is 11.8 Å². The molecule has 2 saturated carbocycles. The van der Waals surface area contributed by atoms with Crippen molar-refractivity contribution in [3.8, 4) is 0 Å². The second kappa shape index (κ2) is 2.94. The summed E-state index contributed by atoms with van der Waals surface area (Å²) >= 11 is 0. The average Bonchev–Trinajstić information content (AvgIpc) is 2.67. The van der Waals surface area contributed by atoms with Crippen LogP contribution in [0.1, 0.15) is 25.7 Å². The molecular weight excluding hydrogens is 180 g/mol. The Labute approximate surface area is 83.1 Å². The number of methoxy groups -OCH3 is 1. The van der Waals surface area contributed by atoms with Gasteiger partial charge in [0.2, 0.25) is 0 Å². The fraction of sp³-hybridized carbons (Fsp3) is 0.636. The highest BCUT2D eigenvalue weighted by atomic mass is 16.5. The van der Waals surface area contributed by atoms with E-state index in [1.807, 2.05) is 0 Å². The number of Topliss-reactive ketones (excluding diaryl/α,β-unsaturated/α-hetero) is 1. The molecular formula is C11H14O3. The highest BCUT2D eigenvalue weighted by Gasteiger charge is 2.60. The molecule has 0 heterocycles. The molecule has 0 unspecified atom stereocenters. The number of carbonyl (C=O) groups excluding carboxylic acids is 2. The summed E-state index contributed by atoms with van der Waals surface area (Å²) in [6, 6.07) is 0. The maximum atomic E-state index is 11.8. The van der Waals surface area contributed by atoms with Gasteiger partial charge in [-0.05, 0) is 25.2 Å². The van der Waals surface area contributed by atoms with Gasteiger partial charge in [0.15, 0.2) is 5.78 Å². The van der Waals surface area contributed by atoms with Crippen LogP contribution in [-0.4, -0.2) is 18.9 Å². The summed E-state index contributed by atoms with van der Waals surface area (Å²) in [5.74, 6) is -0.237. The number of ketones is 1. The van der Waals surface area contributed by atoms with Crippen molar-refractivity contribution in [1.82, 2.24) is 0 Å². The molecule has 2 rings (SSSR count). The van der Waals surface area contributed by atoms with Crippen LogP contribution < -0.4 is 0 Å². The smallest absolute Gasteiger partial charge is 0.323 e. The normalized spacial score (nSPS) is 35.9. The van der Waals surface area contributed by atoms with Gasteiger partial charge in [0.05, 0.1) is 7.11 Å². The standard InChI is InChI=1S/C11H14O3/c1-7-3-4-8-5-6-9(12)11(7,8)10(13)14-2/h8H,1,3-6H2,2H3/t8-,11+/m0/s1. The summed E-state index contributed by atoms with van der Waals surface area (Å²) in [7, 11) is 1.34. The van der Waals surface area contributed by atoms with Gasteiger partial charge in [0.25, 0.3) is 0 Å². The molecule has 2 atom stereocenters. The molecule has 0 radical (unpaired) electrons. The zero-order valence-corrected chi connectivity index (χ0v) is 8.34. The fourth-order valence-corrected chi connectivity index (χ4v) is 2.92. The first-order valence-electron chi connectivity index (χ1n) is 4.94. The average molecular weight is 194 g/mol. The van der Waals surface area contributed by atoms with Gasteiger partial charge in [0, 0.05) is 6.42 Å². The van der Waals surface area contributed by atoms with Crippen LogP contribution in [0.25, 0.3) is 0 Å². The van der Waals surface area contributed by atoms with E-state index in [0.29, 0.717) is 6.42 Å². The lowest BCUT2D eigenvalue weighted by Gasteiger charge is -2.25. The van der Waals surface area contributed by atoms with Crippen molar-refractivity contribution in [2.75, 3.05) is 7.11 Å². The Kier molecular flexibility index (Phi) is 1.98. The summed E-state index contributed by atoms with van der Waals surface area (Å²) in [6.45, 7) is 3.87. The van der Waals surface area contributed by atoms with Crippen molar-refractivity contribution in [3.05, 3.63) is 12.2 Å². The van der Waals surface area contributed by atoms with E-state index in [0.717, 1.165) is 24.8 Å². The van der Waals surface area contributed by atoms with E-state index >= 15 is 0 Å². The number of rotatable bonds is 1. The highest BCUT2D eigenvalue weighted by Crippen LogP contribution is 2.55. The first-order valence-corrected chi connectivity index (χ1v) is 4.94. The third-order valence-electron chi connectivity index (χ3n) is 3.63. The van der Waals surface area contributed by atoms with E-state index in [4.69, 9.17) is 4.74 Å². The molecule has 0 aliphatic heterocycles. The number of esters is 1. The summed E-state index contributed by atoms with van der Waals surface area (Å²) in [4.78, 5) is 23.6. The maximum Gasteiger partial charge on any atom is 0.323 e. The molecule has 0 saturated heterocycles. The van der Waals surface area contributed by atoms with Gasteiger partial charge in [-0.2, -0.15) is 0 Å². The molecule has 3 nitrogen and oxygen atoms in total. The van der Waals surface area contributed by atoms with Gasteiger partial charge < -0.3 is 4.74 Å². The van der Waals surface area contributed by atoms with Crippen molar-refractivity contribution in [3.63, 3.8) is 0 Å². The number of carbonyl (C=O) groups is 2. The van der Waals surface area contributed by atoms with Crippen molar-refractivity contribution < 1.29 is 14.3 Å². The third-order valence-corrected chi connectivity index (χ3v) is 3.63. The predicted molar refractivity (Wildman–Crippen MR) is 50.6 cm³/mol. The SMILES string of the molecule is C=C1CC[C@H]2CCC(=O)[C@@]12C(=O)OC. The second-order valence-corrected chi connectivity index (χ2v) is 4.10. The molecule has 76 valence electrons. The van der Waals surface area contributed by atoms with E-state index in [1.54, 1.807) is 0 Å². The van der Waals surface area contributed by atoms with Crippen LogP contribution in [0.4, 0.5) is 0 Å². The van der Waals surface area contributed by atoms with Gasteiger partial charge in [0.1, 0.15) is 5.41 Å². The van der Waals surface area contributed by atoms with E-state index in [9.17, 15) is 9.59 Å². The summed E-state index contributed by atoms with van der Waals surface area (Å²) in [5.41, 5.74) is -0.203. The van der Waals surface area contributed by atoms with Gasteiger partial charge in [-0.15, -0.1) is 0 Å². The van der Waals surface area contributed by atoms with Crippen LogP contribution in [0, 0.1) is 11.3 Å². The quantitative estimate of drug-likeness (QED) is 0.360. The topological polar surface area (TPSA) is 43.4 Å². The highest BCUT2D eigenvalue weighted by molar-refractivity contribution is 6.09. The van der Waals surface area contributed by atoms with Crippen molar-refractivity contribution in [2.24, 2.45) is 11.3 Å². The Morgan fingerprint density at radius 1 is 1.50 bits per heavy atom. The largest absolute Gasteiger partial charge is 0.468 e. The summed E-state index contributed by atoms with van der Waals surface area (Å²) in [6.07, 6.45) is 3.00. The number of ether oxygens (including phenoxy) is 1. The maximum absolute atomic E-state index is 11.8. The van der Waals surface area contributed by atoms with Crippen LogP contribution >= 0.6 is 0 Å². The number of fused-ring (bicyclic) bond motifs is 1. The Hall–Kier alpha value is -1.12. The molecule has 0 bridgehead atoms. The van der Waals surface area contributed by atoms with E-state index < -0.39 is 11.4 Å². The molecule has 0 N–H and O–H groups in total.